The van der Waals surface area contributed by atoms with Crippen LogP contribution < -0.4 is 0 Å². The standard InChI is InChI=1S/C12H19N3S2/c1-9-11-6-15(3-2-12(11)14-13-9)10-7-16-4-5-17-8-10/h10H,2-8H2,1H3,(H,13,14). The quantitative estimate of drug-likeness (QED) is 0.844. The molecule has 3 rings (SSSR count). The molecule has 2 aliphatic heterocycles. The summed E-state index contributed by atoms with van der Waals surface area (Å²) in [5.74, 6) is 5.26. The molecule has 0 saturated carbocycles. The molecule has 1 N–H and O–H groups in total. The van der Waals surface area contributed by atoms with Gasteiger partial charge in [0.1, 0.15) is 0 Å². The molecule has 2 aliphatic rings. The second kappa shape index (κ2) is 5.24. The van der Waals surface area contributed by atoms with Crippen molar-refractivity contribution in [3.8, 4) is 0 Å². The highest BCUT2D eigenvalue weighted by atomic mass is 32.2. The molecule has 0 spiro atoms. The van der Waals surface area contributed by atoms with E-state index in [0.717, 1.165) is 19.0 Å². The smallest absolute Gasteiger partial charge is 0.0682 e. The van der Waals surface area contributed by atoms with Crippen LogP contribution in [0.1, 0.15) is 17.0 Å². The molecule has 0 atom stereocenters. The number of aryl methyl sites for hydroxylation is 1. The van der Waals surface area contributed by atoms with Crippen molar-refractivity contribution in [2.75, 3.05) is 29.6 Å². The third-order valence-electron chi connectivity index (χ3n) is 3.67. The van der Waals surface area contributed by atoms with Crippen molar-refractivity contribution in [3.63, 3.8) is 0 Å². The van der Waals surface area contributed by atoms with Crippen molar-refractivity contribution in [1.29, 1.82) is 0 Å². The molecular formula is C12H19N3S2. The fourth-order valence-electron chi connectivity index (χ4n) is 2.58. The molecule has 17 heavy (non-hydrogen) atoms. The zero-order chi connectivity index (χ0) is 11.7. The number of H-pyrrole nitrogens is 1. The number of rotatable bonds is 1. The van der Waals surface area contributed by atoms with Crippen LogP contribution in [-0.4, -0.2) is 50.7 Å². The minimum Gasteiger partial charge on any atom is -0.294 e. The van der Waals surface area contributed by atoms with E-state index in [0.29, 0.717) is 0 Å². The second-order valence-electron chi connectivity index (χ2n) is 4.80. The highest BCUT2D eigenvalue weighted by Gasteiger charge is 2.26. The van der Waals surface area contributed by atoms with Crippen LogP contribution in [0.4, 0.5) is 0 Å². The van der Waals surface area contributed by atoms with E-state index in [9.17, 15) is 0 Å². The number of nitrogens with one attached hydrogen (secondary N) is 1. The van der Waals surface area contributed by atoms with Gasteiger partial charge in [-0.15, -0.1) is 0 Å². The summed E-state index contributed by atoms with van der Waals surface area (Å²) in [5.41, 5.74) is 4.02. The summed E-state index contributed by atoms with van der Waals surface area (Å²) in [7, 11) is 0. The summed E-state index contributed by atoms with van der Waals surface area (Å²) in [6.07, 6.45) is 1.12. The van der Waals surface area contributed by atoms with Crippen LogP contribution in [0.5, 0.6) is 0 Å². The summed E-state index contributed by atoms with van der Waals surface area (Å²) in [5, 5.41) is 7.52. The van der Waals surface area contributed by atoms with E-state index in [2.05, 4.69) is 45.5 Å². The average molecular weight is 269 g/mol. The Morgan fingerprint density at radius 1 is 1.29 bits per heavy atom. The van der Waals surface area contributed by atoms with Crippen LogP contribution in [0.25, 0.3) is 0 Å². The molecule has 0 aliphatic carbocycles. The van der Waals surface area contributed by atoms with E-state index in [4.69, 9.17) is 0 Å². The fraction of sp³-hybridized carbons (Fsp3) is 0.750. The maximum Gasteiger partial charge on any atom is 0.0682 e. The zero-order valence-electron chi connectivity index (χ0n) is 10.2. The molecule has 3 heterocycles. The van der Waals surface area contributed by atoms with Crippen molar-refractivity contribution >= 4 is 23.5 Å². The lowest BCUT2D eigenvalue weighted by atomic mass is 10.0. The van der Waals surface area contributed by atoms with Gasteiger partial charge in [-0.3, -0.25) is 10.00 Å². The molecule has 1 aromatic heterocycles. The Balaban J connectivity index is 1.72. The predicted molar refractivity (Wildman–Crippen MR) is 75.9 cm³/mol. The molecule has 94 valence electrons. The van der Waals surface area contributed by atoms with Crippen LogP contribution in [-0.2, 0) is 13.0 Å². The molecule has 1 aromatic rings. The van der Waals surface area contributed by atoms with Gasteiger partial charge in [-0.05, 0) is 6.92 Å². The topological polar surface area (TPSA) is 31.9 Å². The van der Waals surface area contributed by atoms with Crippen LogP contribution in [0.3, 0.4) is 0 Å². The Bertz CT molecular complexity index is 383. The van der Waals surface area contributed by atoms with Gasteiger partial charge in [0.25, 0.3) is 0 Å². The first kappa shape index (κ1) is 11.9. The highest BCUT2D eigenvalue weighted by molar-refractivity contribution is 8.03. The normalized spacial score (nSPS) is 23.4. The van der Waals surface area contributed by atoms with Crippen molar-refractivity contribution in [1.82, 2.24) is 15.1 Å². The molecule has 3 nitrogen and oxygen atoms in total. The Hall–Kier alpha value is -0.130. The van der Waals surface area contributed by atoms with E-state index in [1.54, 1.807) is 0 Å². The Morgan fingerprint density at radius 3 is 2.82 bits per heavy atom. The zero-order valence-corrected chi connectivity index (χ0v) is 11.9. The van der Waals surface area contributed by atoms with Crippen LogP contribution in [0.2, 0.25) is 0 Å². The number of nitrogens with zero attached hydrogens (tertiary/aromatic N) is 2. The van der Waals surface area contributed by atoms with Crippen LogP contribution in [0, 0.1) is 6.92 Å². The third kappa shape index (κ3) is 2.51. The summed E-state index contributed by atoms with van der Waals surface area (Å²) in [6, 6.07) is 0.759. The summed E-state index contributed by atoms with van der Waals surface area (Å²) < 4.78 is 0. The molecule has 0 bridgehead atoms. The van der Waals surface area contributed by atoms with Crippen molar-refractivity contribution < 1.29 is 0 Å². The first-order valence-electron chi connectivity index (χ1n) is 6.27. The molecular weight excluding hydrogens is 250 g/mol. The minimum atomic E-state index is 0.759. The number of fused-ring (bicyclic) bond motifs is 1. The Kier molecular flexibility index (Phi) is 3.68. The lowest BCUT2D eigenvalue weighted by Crippen LogP contribution is -2.42. The first-order chi connectivity index (χ1) is 8.34. The third-order valence-corrected chi connectivity index (χ3v) is 6.15. The van der Waals surface area contributed by atoms with E-state index in [1.165, 1.54) is 46.5 Å². The molecule has 1 fully saturated rings. The van der Waals surface area contributed by atoms with Gasteiger partial charge in [0.15, 0.2) is 0 Å². The van der Waals surface area contributed by atoms with E-state index < -0.39 is 0 Å². The number of hydrogen-bond donors (Lipinski definition) is 1. The SMILES string of the molecule is Cc1[nH]nc2c1CN(C1CSCCSC1)CC2. The maximum atomic E-state index is 4.39. The number of aromatic amines is 1. The minimum absolute atomic E-state index is 0.759. The van der Waals surface area contributed by atoms with Gasteiger partial charge in [0.05, 0.1) is 5.69 Å². The van der Waals surface area contributed by atoms with E-state index >= 15 is 0 Å². The first-order valence-corrected chi connectivity index (χ1v) is 8.58. The number of aromatic nitrogens is 2. The van der Waals surface area contributed by atoms with Crippen LogP contribution in [0.15, 0.2) is 0 Å². The lowest BCUT2D eigenvalue weighted by molar-refractivity contribution is 0.209. The number of hydrogen-bond acceptors (Lipinski definition) is 4. The second-order valence-corrected chi connectivity index (χ2v) is 7.10. The Labute approximate surface area is 111 Å². The van der Waals surface area contributed by atoms with Gasteiger partial charge >= 0.3 is 0 Å². The average Bonchev–Trinajstić information content (AvgIpc) is 2.58. The van der Waals surface area contributed by atoms with Crippen molar-refractivity contribution in [2.45, 2.75) is 25.9 Å². The molecule has 0 amide bonds. The largest absolute Gasteiger partial charge is 0.294 e. The monoisotopic (exact) mass is 269 g/mol. The summed E-state index contributed by atoms with van der Waals surface area (Å²) in [6.45, 7) is 4.43. The predicted octanol–water partition coefficient (Wildman–Crippen LogP) is 1.92. The lowest BCUT2D eigenvalue weighted by Gasteiger charge is -2.33. The highest BCUT2D eigenvalue weighted by Crippen LogP contribution is 2.26. The van der Waals surface area contributed by atoms with Crippen molar-refractivity contribution in [2.24, 2.45) is 0 Å². The van der Waals surface area contributed by atoms with Gasteiger partial charge in [-0.2, -0.15) is 28.6 Å². The van der Waals surface area contributed by atoms with Gasteiger partial charge in [-0.1, -0.05) is 0 Å². The van der Waals surface area contributed by atoms with Crippen LogP contribution >= 0.6 is 23.5 Å². The fourth-order valence-corrected chi connectivity index (χ4v) is 5.21. The maximum absolute atomic E-state index is 4.39. The Morgan fingerprint density at radius 2 is 2.06 bits per heavy atom. The molecule has 0 aromatic carbocycles. The molecule has 1 saturated heterocycles. The van der Waals surface area contributed by atoms with Gasteiger partial charge in [0, 0.05) is 59.8 Å². The molecule has 0 unspecified atom stereocenters. The van der Waals surface area contributed by atoms with Crippen molar-refractivity contribution in [3.05, 3.63) is 17.0 Å². The van der Waals surface area contributed by atoms with Gasteiger partial charge in [0.2, 0.25) is 0 Å². The molecule has 5 heteroatoms. The molecule has 0 radical (unpaired) electrons. The van der Waals surface area contributed by atoms with E-state index in [-0.39, 0.29) is 0 Å². The number of thioether (sulfide) groups is 2. The van der Waals surface area contributed by atoms with Gasteiger partial charge in [-0.25, -0.2) is 0 Å². The van der Waals surface area contributed by atoms with E-state index in [1.807, 2.05) is 0 Å². The van der Waals surface area contributed by atoms with Gasteiger partial charge < -0.3 is 0 Å². The summed E-state index contributed by atoms with van der Waals surface area (Å²) in [4.78, 5) is 2.66. The summed E-state index contributed by atoms with van der Waals surface area (Å²) >= 11 is 4.24.